The summed E-state index contributed by atoms with van der Waals surface area (Å²) in [5, 5.41) is 5.64. The number of nitrogens with zero attached hydrogens (tertiary/aromatic N) is 1. The molecule has 1 heterocycles. The maximum atomic E-state index is 11.8. The van der Waals surface area contributed by atoms with E-state index < -0.39 is 0 Å². The molecule has 98 valence electrons. The van der Waals surface area contributed by atoms with Crippen molar-refractivity contribution in [2.24, 2.45) is 0 Å². The Kier molecular flexibility index (Phi) is 4.13. The topological polar surface area (TPSA) is 54.0 Å². The lowest BCUT2D eigenvalue weighted by atomic mass is 10.2. The molecule has 0 aliphatic heterocycles. The summed E-state index contributed by atoms with van der Waals surface area (Å²) in [6.07, 6.45) is 1.71. The number of carbonyl (C=O) groups excluding carboxylic acids is 1. The summed E-state index contributed by atoms with van der Waals surface area (Å²) in [5.41, 5.74) is 2.77. The minimum atomic E-state index is -0.234. The standard InChI is InChI=1S/C15H17N3O/c1-11-6-8-13(9-7-11)18-15(19)17-12(2)14-5-3-4-10-16-14/h3-10,12H,1-2H3,(H2,17,18,19). The molecule has 0 spiro atoms. The van der Waals surface area contributed by atoms with Crippen molar-refractivity contribution in [1.29, 1.82) is 0 Å². The van der Waals surface area contributed by atoms with E-state index in [-0.39, 0.29) is 12.1 Å². The predicted molar refractivity (Wildman–Crippen MR) is 76.0 cm³/mol. The van der Waals surface area contributed by atoms with Gasteiger partial charge in [0, 0.05) is 11.9 Å². The van der Waals surface area contributed by atoms with Crippen LogP contribution < -0.4 is 10.6 Å². The molecule has 0 saturated carbocycles. The number of hydrogen-bond donors (Lipinski definition) is 2. The van der Waals surface area contributed by atoms with Gasteiger partial charge in [0.1, 0.15) is 0 Å². The molecule has 0 fully saturated rings. The predicted octanol–water partition coefficient (Wildman–Crippen LogP) is 3.27. The maximum absolute atomic E-state index is 11.8. The molecule has 1 aromatic carbocycles. The second-order valence-corrected chi connectivity index (χ2v) is 4.44. The van der Waals surface area contributed by atoms with Gasteiger partial charge in [0.15, 0.2) is 0 Å². The van der Waals surface area contributed by atoms with Gasteiger partial charge in [-0.05, 0) is 38.1 Å². The van der Waals surface area contributed by atoms with Crippen molar-refractivity contribution in [3.8, 4) is 0 Å². The number of urea groups is 1. The highest BCUT2D eigenvalue weighted by atomic mass is 16.2. The lowest BCUT2D eigenvalue weighted by Gasteiger charge is -2.14. The Bertz CT molecular complexity index is 537. The number of aromatic nitrogens is 1. The number of pyridine rings is 1. The minimum Gasteiger partial charge on any atom is -0.330 e. The lowest BCUT2D eigenvalue weighted by Crippen LogP contribution is -2.31. The van der Waals surface area contributed by atoms with Gasteiger partial charge in [-0.1, -0.05) is 23.8 Å². The van der Waals surface area contributed by atoms with Crippen LogP contribution >= 0.6 is 0 Å². The van der Waals surface area contributed by atoms with Crippen LogP contribution in [0.2, 0.25) is 0 Å². The van der Waals surface area contributed by atoms with E-state index in [1.54, 1.807) is 6.20 Å². The molecule has 4 nitrogen and oxygen atoms in total. The normalized spacial score (nSPS) is 11.7. The molecule has 1 atom stereocenters. The smallest absolute Gasteiger partial charge is 0.319 e. The first-order valence-corrected chi connectivity index (χ1v) is 6.20. The van der Waals surface area contributed by atoms with E-state index in [1.807, 2.05) is 56.3 Å². The quantitative estimate of drug-likeness (QED) is 0.884. The Morgan fingerprint density at radius 3 is 2.53 bits per heavy atom. The summed E-state index contributed by atoms with van der Waals surface area (Å²) in [4.78, 5) is 16.0. The Hall–Kier alpha value is -2.36. The molecule has 1 unspecified atom stereocenters. The summed E-state index contributed by atoms with van der Waals surface area (Å²) < 4.78 is 0. The number of rotatable bonds is 3. The third-order valence-corrected chi connectivity index (χ3v) is 2.79. The fourth-order valence-corrected chi connectivity index (χ4v) is 1.71. The maximum Gasteiger partial charge on any atom is 0.319 e. The molecule has 4 heteroatoms. The average molecular weight is 255 g/mol. The highest BCUT2D eigenvalue weighted by molar-refractivity contribution is 5.89. The molecule has 2 aromatic rings. The van der Waals surface area contributed by atoms with Crippen LogP contribution in [0.25, 0.3) is 0 Å². The van der Waals surface area contributed by atoms with E-state index in [4.69, 9.17) is 0 Å². The first-order chi connectivity index (χ1) is 9.15. The molecule has 19 heavy (non-hydrogen) atoms. The van der Waals surface area contributed by atoms with Crippen molar-refractivity contribution >= 4 is 11.7 Å². The number of amides is 2. The van der Waals surface area contributed by atoms with Gasteiger partial charge in [-0.2, -0.15) is 0 Å². The largest absolute Gasteiger partial charge is 0.330 e. The summed E-state index contributed by atoms with van der Waals surface area (Å²) in [6.45, 7) is 3.91. The number of aryl methyl sites for hydroxylation is 1. The molecule has 2 N–H and O–H groups in total. The van der Waals surface area contributed by atoms with E-state index in [9.17, 15) is 4.79 Å². The van der Waals surface area contributed by atoms with E-state index in [0.29, 0.717) is 0 Å². The number of nitrogens with one attached hydrogen (secondary N) is 2. The van der Waals surface area contributed by atoms with E-state index in [1.165, 1.54) is 0 Å². The SMILES string of the molecule is Cc1ccc(NC(=O)NC(C)c2ccccn2)cc1. The van der Waals surface area contributed by atoms with Crippen molar-refractivity contribution in [3.05, 3.63) is 59.9 Å². The Morgan fingerprint density at radius 2 is 1.89 bits per heavy atom. The van der Waals surface area contributed by atoms with Crippen LogP contribution in [0.4, 0.5) is 10.5 Å². The van der Waals surface area contributed by atoms with Gasteiger partial charge < -0.3 is 10.6 Å². The highest BCUT2D eigenvalue weighted by Crippen LogP contribution is 2.10. The minimum absolute atomic E-state index is 0.133. The van der Waals surface area contributed by atoms with Crippen molar-refractivity contribution in [2.75, 3.05) is 5.32 Å². The van der Waals surface area contributed by atoms with Gasteiger partial charge in [-0.15, -0.1) is 0 Å². The number of carbonyl (C=O) groups is 1. The van der Waals surface area contributed by atoms with Gasteiger partial charge in [-0.3, -0.25) is 4.98 Å². The van der Waals surface area contributed by atoms with Crippen LogP contribution in [0.15, 0.2) is 48.7 Å². The van der Waals surface area contributed by atoms with Crippen molar-refractivity contribution < 1.29 is 4.79 Å². The molecular formula is C15H17N3O. The molecular weight excluding hydrogens is 238 g/mol. The van der Waals surface area contributed by atoms with Crippen LogP contribution in [0.1, 0.15) is 24.2 Å². The van der Waals surface area contributed by atoms with E-state index in [2.05, 4.69) is 15.6 Å². The molecule has 2 amide bonds. The Balaban J connectivity index is 1.93. The van der Waals surface area contributed by atoms with Gasteiger partial charge in [0.2, 0.25) is 0 Å². The second kappa shape index (κ2) is 6.00. The fraction of sp³-hybridized carbons (Fsp3) is 0.200. The summed E-state index contributed by atoms with van der Waals surface area (Å²) in [7, 11) is 0. The van der Waals surface area contributed by atoms with Crippen LogP contribution in [-0.4, -0.2) is 11.0 Å². The molecule has 0 aliphatic rings. The van der Waals surface area contributed by atoms with Crippen molar-refractivity contribution in [2.45, 2.75) is 19.9 Å². The van der Waals surface area contributed by atoms with Gasteiger partial charge in [-0.25, -0.2) is 4.79 Å². The lowest BCUT2D eigenvalue weighted by molar-refractivity contribution is 0.249. The highest BCUT2D eigenvalue weighted by Gasteiger charge is 2.09. The number of anilines is 1. The van der Waals surface area contributed by atoms with Crippen LogP contribution in [0.5, 0.6) is 0 Å². The average Bonchev–Trinajstić information content (AvgIpc) is 2.42. The third-order valence-electron chi connectivity index (χ3n) is 2.79. The fourth-order valence-electron chi connectivity index (χ4n) is 1.71. The van der Waals surface area contributed by atoms with Crippen LogP contribution in [0.3, 0.4) is 0 Å². The van der Waals surface area contributed by atoms with Crippen molar-refractivity contribution in [1.82, 2.24) is 10.3 Å². The monoisotopic (exact) mass is 255 g/mol. The van der Waals surface area contributed by atoms with Crippen LogP contribution in [0, 0.1) is 6.92 Å². The third kappa shape index (κ3) is 3.81. The molecule has 0 saturated heterocycles. The zero-order valence-electron chi connectivity index (χ0n) is 11.1. The molecule has 2 rings (SSSR count). The molecule has 1 aromatic heterocycles. The Labute approximate surface area is 112 Å². The van der Waals surface area contributed by atoms with Gasteiger partial charge in [0.25, 0.3) is 0 Å². The zero-order valence-corrected chi connectivity index (χ0v) is 11.1. The zero-order chi connectivity index (χ0) is 13.7. The molecule has 0 aliphatic carbocycles. The van der Waals surface area contributed by atoms with E-state index >= 15 is 0 Å². The molecule has 0 bridgehead atoms. The number of hydrogen-bond acceptors (Lipinski definition) is 2. The Morgan fingerprint density at radius 1 is 1.16 bits per heavy atom. The first kappa shape index (κ1) is 13.1. The van der Waals surface area contributed by atoms with Crippen molar-refractivity contribution in [3.63, 3.8) is 0 Å². The second-order valence-electron chi connectivity index (χ2n) is 4.44. The summed E-state index contributed by atoms with van der Waals surface area (Å²) in [6, 6.07) is 12.9. The first-order valence-electron chi connectivity index (χ1n) is 6.20. The summed E-state index contributed by atoms with van der Waals surface area (Å²) >= 11 is 0. The molecule has 0 radical (unpaired) electrons. The summed E-state index contributed by atoms with van der Waals surface area (Å²) in [5.74, 6) is 0. The van der Waals surface area contributed by atoms with Crippen LogP contribution in [-0.2, 0) is 0 Å². The van der Waals surface area contributed by atoms with Gasteiger partial charge in [0.05, 0.1) is 11.7 Å². The number of benzene rings is 1. The van der Waals surface area contributed by atoms with Gasteiger partial charge >= 0.3 is 6.03 Å². The van der Waals surface area contributed by atoms with E-state index in [0.717, 1.165) is 16.9 Å².